The minimum atomic E-state index is -0.250. The number of nitro groups is 1. The van der Waals surface area contributed by atoms with Gasteiger partial charge in [-0.25, -0.2) is 0 Å². The number of para-hydroxylation sites is 1. The molecule has 0 aromatic heterocycles. The van der Waals surface area contributed by atoms with Crippen molar-refractivity contribution in [3.05, 3.63) is 33.9 Å². The van der Waals surface area contributed by atoms with Gasteiger partial charge in [-0.3, -0.25) is 10.1 Å². The van der Waals surface area contributed by atoms with Crippen LogP contribution in [0.5, 0.6) is 0 Å². The van der Waals surface area contributed by atoms with E-state index in [1.165, 1.54) is 19.3 Å². The summed E-state index contributed by atoms with van der Waals surface area (Å²) < 4.78 is 0. The molecule has 21 heavy (non-hydrogen) atoms. The topological polar surface area (TPSA) is 58.4 Å². The number of hydrogen-bond donors (Lipinski definition) is 1. The highest BCUT2D eigenvalue weighted by atomic mass is 16.6. The summed E-state index contributed by atoms with van der Waals surface area (Å²) in [4.78, 5) is 13.3. The summed E-state index contributed by atoms with van der Waals surface area (Å²) in [5.74, 6) is 0.612. The van der Waals surface area contributed by atoms with Gasteiger partial charge in [0.1, 0.15) is 5.69 Å². The molecule has 2 heterocycles. The Hall–Kier alpha value is -1.62. The number of benzene rings is 1. The van der Waals surface area contributed by atoms with Gasteiger partial charge in [-0.05, 0) is 50.6 Å². The van der Waals surface area contributed by atoms with Crippen LogP contribution in [0.4, 0.5) is 11.4 Å². The largest absolute Gasteiger partial charge is 0.365 e. The van der Waals surface area contributed by atoms with Gasteiger partial charge in [0.2, 0.25) is 0 Å². The minimum absolute atomic E-state index is 0.245. The Labute approximate surface area is 125 Å². The molecule has 2 fully saturated rings. The fourth-order valence-corrected chi connectivity index (χ4v) is 3.86. The Balaban J connectivity index is 1.84. The average Bonchev–Trinajstić information content (AvgIpc) is 3.01. The standard InChI is InChI=1S/C16H23N3O2/c1-12-5-2-8-15(19(20)21)16(12)18-10-4-6-13(11-18)14-7-3-9-17-14/h2,5,8,13-14,17H,3-4,6-7,9-11H2,1H3. The van der Waals surface area contributed by atoms with Crippen LogP contribution in [0.2, 0.25) is 0 Å². The molecule has 2 unspecified atom stereocenters. The first-order valence-electron chi connectivity index (χ1n) is 7.89. The molecule has 3 rings (SSSR count). The third kappa shape index (κ3) is 2.88. The van der Waals surface area contributed by atoms with E-state index in [2.05, 4.69) is 10.2 Å². The van der Waals surface area contributed by atoms with E-state index in [4.69, 9.17) is 0 Å². The first kappa shape index (κ1) is 14.3. The lowest BCUT2D eigenvalue weighted by Gasteiger charge is -2.37. The average molecular weight is 289 g/mol. The second-order valence-corrected chi connectivity index (χ2v) is 6.25. The number of aryl methyl sites for hydroxylation is 1. The summed E-state index contributed by atoms with van der Waals surface area (Å²) >= 11 is 0. The maximum atomic E-state index is 11.3. The Kier molecular flexibility index (Phi) is 4.10. The van der Waals surface area contributed by atoms with Gasteiger partial charge in [0.15, 0.2) is 0 Å². The van der Waals surface area contributed by atoms with Crippen LogP contribution >= 0.6 is 0 Å². The molecule has 0 aliphatic carbocycles. The Morgan fingerprint density at radius 2 is 2.19 bits per heavy atom. The van der Waals surface area contributed by atoms with Gasteiger partial charge in [-0.1, -0.05) is 12.1 Å². The second-order valence-electron chi connectivity index (χ2n) is 6.25. The lowest BCUT2D eigenvalue weighted by molar-refractivity contribution is -0.384. The zero-order valence-corrected chi connectivity index (χ0v) is 12.5. The van der Waals surface area contributed by atoms with Crippen LogP contribution in [-0.4, -0.2) is 30.6 Å². The van der Waals surface area contributed by atoms with Crippen LogP contribution in [-0.2, 0) is 0 Å². The van der Waals surface area contributed by atoms with E-state index in [1.807, 2.05) is 13.0 Å². The molecule has 2 atom stereocenters. The molecule has 0 amide bonds. The first-order valence-corrected chi connectivity index (χ1v) is 7.89. The van der Waals surface area contributed by atoms with E-state index in [0.29, 0.717) is 12.0 Å². The van der Waals surface area contributed by atoms with Crippen LogP contribution < -0.4 is 10.2 Å². The molecule has 0 bridgehead atoms. The molecule has 1 aromatic carbocycles. The molecule has 0 radical (unpaired) electrons. The molecular weight excluding hydrogens is 266 g/mol. The lowest BCUT2D eigenvalue weighted by Crippen LogP contribution is -2.44. The molecule has 1 N–H and O–H groups in total. The maximum Gasteiger partial charge on any atom is 0.292 e. The molecular formula is C16H23N3O2. The maximum absolute atomic E-state index is 11.3. The first-order chi connectivity index (χ1) is 10.2. The zero-order valence-electron chi connectivity index (χ0n) is 12.5. The zero-order chi connectivity index (χ0) is 14.8. The van der Waals surface area contributed by atoms with E-state index in [-0.39, 0.29) is 10.6 Å². The number of nitrogens with one attached hydrogen (secondary N) is 1. The Morgan fingerprint density at radius 1 is 1.33 bits per heavy atom. The van der Waals surface area contributed by atoms with Crippen molar-refractivity contribution in [3.8, 4) is 0 Å². The van der Waals surface area contributed by atoms with E-state index >= 15 is 0 Å². The molecule has 5 heteroatoms. The monoisotopic (exact) mass is 289 g/mol. The van der Waals surface area contributed by atoms with Crippen molar-refractivity contribution < 1.29 is 4.92 Å². The number of piperidine rings is 1. The van der Waals surface area contributed by atoms with Gasteiger partial charge in [0.25, 0.3) is 5.69 Å². The fourth-order valence-electron chi connectivity index (χ4n) is 3.86. The quantitative estimate of drug-likeness (QED) is 0.686. The number of anilines is 1. The lowest BCUT2D eigenvalue weighted by atomic mass is 9.89. The number of nitrogens with zero attached hydrogens (tertiary/aromatic N) is 2. The summed E-state index contributed by atoms with van der Waals surface area (Å²) in [5, 5.41) is 14.9. The minimum Gasteiger partial charge on any atom is -0.365 e. The number of hydrogen-bond acceptors (Lipinski definition) is 4. The smallest absolute Gasteiger partial charge is 0.292 e. The van der Waals surface area contributed by atoms with Crippen LogP contribution in [0.3, 0.4) is 0 Å². The summed E-state index contributed by atoms with van der Waals surface area (Å²) in [6.45, 7) is 4.95. The van der Waals surface area contributed by atoms with E-state index in [1.54, 1.807) is 12.1 Å². The molecule has 5 nitrogen and oxygen atoms in total. The van der Waals surface area contributed by atoms with Gasteiger partial charge in [0, 0.05) is 25.2 Å². The fraction of sp³-hybridized carbons (Fsp3) is 0.625. The number of nitro benzene ring substituents is 1. The highest BCUT2D eigenvalue weighted by Gasteiger charge is 2.31. The highest BCUT2D eigenvalue weighted by Crippen LogP contribution is 2.35. The van der Waals surface area contributed by atoms with Crippen molar-refractivity contribution in [2.75, 3.05) is 24.5 Å². The van der Waals surface area contributed by atoms with Crippen molar-refractivity contribution in [3.63, 3.8) is 0 Å². The van der Waals surface area contributed by atoms with Crippen molar-refractivity contribution in [2.24, 2.45) is 5.92 Å². The van der Waals surface area contributed by atoms with Crippen molar-refractivity contribution in [2.45, 2.75) is 38.6 Å². The van der Waals surface area contributed by atoms with Gasteiger partial charge in [-0.2, -0.15) is 0 Å². The van der Waals surface area contributed by atoms with Crippen LogP contribution in [0.25, 0.3) is 0 Å². The van der Waals surface area contributed by atoms with Gasteiger partial charge < -0.3 is 10.2 Å². The molecule has 1 aromatic rings. The Morgan fingerprint density at radius 3 is 2.90 bits per heavy atom. The molecule has 0 saturated carbocycles. The van der Waals surface area contributed by atoms with Crippen LogP contribution in [0.15, 0.2) is 18.2 Å². The summed E-state index contributed by atoms with van der Waals surface area (Å²) in [6.07, 6.45) is 4.85. The van der Waals surface area contributed by atoms with E-state index < -0.39 is 0 Å². The third-order valence-corrected chi connectivity index (χ3v) is 4.85. The summed E-state index contributed by atoms with van der Waals surface area (Å²) in [6, 6.07) is 5.96. The van der Waals surface area contributed by atoms with Crippen molar-refractivity contribution in [1.29, 1.82) is 0 Å². The van der Waals surface area contributed by atoms with Crippen molar-refractivity contribution >= 4 is 11.4 Å². The summed E-state index contributed by atoms with van der Waals surface area (Å²) in [7, 11) is 0. The van der Waals surface area contributed by atoms with Gasteiger partial charge in [-0.15, -0.1) is 0 Å². The molecule has 2 saturated heterocycles. The van der Waals surface area contributed by atoms with E-state index in [9.17, 15) is 10.1 Å². The number of rotatable bonds is 3. The molecule has 2 aliphatic rings. The van der Waals surface area contributed by atoms with E-state index in [0.717, 1.165) is 37.3 Å². The van der Waals surface area contributed by atoms with Crippen molar-refractivity contribution in [1.82, 2.24) is 5.32 Å². The van der Waals surface area contributed by atoms with Gasteiger partial charge >= 0.3 is 0 Å². The molecule has 114 valence electrons. The van der Waals surface area contributed by atoms with Crippen LogP contribution in [0, 0.1) is 23.0 Å². The SMILES string of the molecule is Cc1cccc([N+](=O)[O-])c1N1CCCC(C2CCCN2)C1. The Bertz CT molecular complexity index is 526. The van der Waals surface area contributed by atoms with Gasteiger partial charge in [0.05, 0.1) is 4.92 Å². The predicted octanol–water partition coefficient (Wildman–Crippen LogP) is 2.87. The molecule has 0 spiro atoms. The third-order valence-electron chi connectivity index (χ3n) is 4.85. The highest BCUT2D eigenvalue weighted by molar-refractivity contribution is 5.67. The summed E-state index contributed by atoms with van der Waals surface area (Å²) in [5.41, 5.74) is 2.07. The second kappa shape index (κ2) is 6.02. The van der Waals surface area contributed by atoms with Crippen LogP contribution in [0.1, 0.15) is 31.2 Å². The molecule has 2 aliphatic heterocycles. The normalized spacial score (nSPS) is 26.0. The predicted molar refractivity (Wildman–Crippen MR) is 83.8 cm³/mol.